The first-order valence-electron chi connectivity index (χ1n) is 9.42. The topological polar surface area (TPSA) is 83.3 Å². The first-order chi connectivity index (χ1) is 13.1. The Balaban J connectivity index is 1.36. The van der Waals surface area contributed by atoms with Crippen LogP contribution in [-0.4, -0.2) is 40.6 Å². The Hall–Kier alpha value is -2.32. The molecule has 2 saturated heterocycles. The Morgan fingerprint density at radius 3 is 2.89 bits per heavy atom. The number of hydrogen-bond acceptors (Lipinski definition) is 6. The van der Waals surface area contributed by atoms with Crippen molar-refractivity contribution in [3.05, 3.63) is 47.4 Å². The molecule has 144 valence electrons. The normalized spacial score (nSPS) is 23.7. The fraction of sp³-hybridized carbons (Fsp3) is 0.526. The van der Waals surface area contributed by atoms with E-state index in [0.717, 1.165) is 43.7 Å². The van der Waals surface area contributed by atoms with Crippen molar-refractivity contribution in [1.29, 1.82) is 0 Å². The van der Waals surface area contributed by atoms with Crippen LogP contribution in [0.5, 0.6) is 0 Å². The largest absolute Gasteiger partial charge is 0.342 e. The molecule has 1 aromatic heterocycles. The Labute approximate surface area is 157 Å². The lowest BCUT2D eigenvalue weighted by Crippen LogP contribution is -2.44. The molecular weight excluding hydrogens is 349 g/mol. The molecule has 0 bridgehead atoms. The average Bonchev–Trinajstić information content (AvgIpc) is 3.31. The van der Waals surface area contributed by atoms with Crippen molar-refractivity contribution in [3.63, 3.8) is 0 Å². The van der Waals surface area contributed by atoms with Crippen LogP contribution in [0.15, 0.2) is 28.8 Å². The SMILES string of the molecule is Cc1nc(CC2CCN(C(=O)C3CNNC3c3cccc(F)c3)CC2)no1. The van der Waals surface area contributed by atoms with Crippen molar-refractivity contribution in [2.45, 2.75) is 32.2 Å². The fourth-order valence-electron chi connectivity index (χ4n) is 4.02. The molecule has 8 heteroatoms. The Bertz CT molecular complexity index is 803. The maximum Gasteiger partial charge on any atom is 0.229 e. The number of benzene rings is 1. The minimum atomic E-state index is -0.287. The highest BCUT2D eigenvalue weighted by Gasteiger charge is 2.37. The molecule has 0 spiro atoms. The quantitative estimate of drug-likeness (QED) is 0.850. The van der Waals surface area contributed by atoms with Gasteiger partial charge in [0.1, 0.15) is 5.82 Å². The zero-order chi connectivity index (χ0) is 18.8. The van der Waals surface area contributed by atoms with E-state index in [1.165, 1.54) is 12.1 Å². The van der Waals surface area contributed by atoms with E-state index in [1.54, 1.807) is 13.0 Å². The summed E-state index contributed by atoms with van der Waals surface area (Å²) in [6.45, 7) is 3.79. The average molecular weight is 373 g/mol. The molecule has 4 rings (SSSR count). The number of halogens is 1. The van der Waals surface area contributed by atoms with Crippen molar-refractivity contribution in [1.82, 2.24) is 25.9 Å². The Kier molecular flexibility index (Phi) is 5.18. The molecule has 2 N–H and O–H groups in total. The highest BCUT2D eigenvalue weighted by molar-refractivity contribution is 5.80. The summed E-state index contributed by atoms with van der Waals surface area (Å²) in [5.74, 6) is 1.39. The summed E-state index contributed by atoms with van der Waals surface area (Å²) in [7, 11) is 0. The molecule has 2 aliphatic heterocycles. The molecule has 7 nitrogen and oxygen atoms in total. The van der Waals surface area contributed by atoms with E-state index in [1.807, 2.05) is 11.0 Å². The number of hydrazine groups is 1. The number of hydrogen-bond donors (Lipinski definition) is 2. The number of aromatic nitrogens is 2. The lowest BCUT2D eigenvalue weighted by molar-refractivity contribution is -0.136. The summed E-state index contributed by atoms with van der Waals surface area (Å²) in [4.78, 5) is 19.3. The number of rotatable bonds is 4. The molecular formula is C19H24FN5O2. The number of carbonyl (C=O) groups excluding carboxylic acids is 1. The van der Waals surface area contributed by atoms with Gasteiger partial charge in [0.2, 0.25) is 11.8 Å². The molecule has 3 heterocycles. The van der Waals surface area contributed by atoms with Crippen LogP contribution in [0.3, 0.4) is 0 Å². The van der Waals surface area contributed by atoms with Crippen molar-refractivity contribution in [3.8, 4) is 0 Å². The highest BCUT2D eigenvalue weighted by Crippen LogP contribution is 2.29. The van der Waals surface area contributed by atoms with Crippen molar-refractivity contribution >= 4 is 5.91 Å². The van der Waals surface area contributed by atoms with Crippen LogP contribution in [0.4, 0.5) is 4.39 Å². The standard InChI is InChI=1S/C19H24FN5O2/c1-12-22-17(24-27-12)9-13-5-7-25(8-6-13)19(26)16-11-21-23-18(16)14-3-2-4-15(20)10-14/h2-4,10,13,16,18,21,23H,5-9,11H2,1H3. The summed E-state index contributed by atoms with van der Waals surface area (Å²) >= 11 is 0. The highest BCUT2D eigenvalue weighted by atomic mass is 19.1. The molecule has 2 aliphatic rings. The smallest absolute Gasteiger partial charge is 0.229 e. The first-order valence-corrected chi connectivity index (χ1v) is 9.42. The lowest BCUT2D eigenvalue weighted by Gasteiger charge is -2.34. The molecule has 2 unspecified atom stereocenters. The van der Waals surface area contributed by atoms with Gasteiger partial charge in [-0.05, 0) is 36.5 Å². The van der Waals surface area contributed by atoms with Crippen LogP contribution in [0.1, 0.15) is 36.2 Å². The lowest BCUT2D eigenvalue weighted by atomic mass is 9.90. The summed E-state index contributed by atoms with van der Waals surface area (Å²) in [6.07, 6.45) is 2.65. The zero-order valence-corrected chi connectivity index (χ0v) is 15.3. The number of amides is 1. The number of aryl methyl sites for hydroxylation is 1. The van der Waals surface area contributed by atoms with E-state index >= 15 is 0 Å². The number of carbonyl (C=O) groups is 1. The van der Waals surface area contributed by atoms with Gasteiger partial charge in [0.25, 0.3) is 0 Å². The Morgan fingerprint density at radius 2 is 2.19 bits per heavy atom. The van der Waals surface area contributed by atoms with Crippen LogP contribution < -0.4 is 10.9 Å². The second kappa shape index (κ2) is 7.74. The number of likely N-dealkylation sites (tertiary alicyclic amines) is 1. The molecule has 1 amide bonds. The summed E-state index contributed by atoms with van der Waals surface area (Å²) < 4.78 is 18.6. The van der Waals surface area contributed by atoms with Crippen LogP contribution in [0.25, 0.3) is 0 Å². The fourth-order valence-corrected chi connectivity index (χ4v) is 4.02. The molecule has 0 aliphatic carbocycles. The number of nitrogens with one attached hydrogen (secondary N) is 2. The molecule has 27 heavy (non-hydrogen) atoms. The van der Waals surface area contributed by atoms with E-state index in [4.69, 9.17) is 4.52 Å². The predicted molar refractivity (Wildman–Crippen MR) is 95.8 cm³/mol. The van der Waals surface area contributed by atoms with Crippen LogP contribution in [-0.2, 0) is 11.2 Å². The molecule has 2 fully saturated rings. The van der Waals surface area contributed by atoms with E-state index in [-0.39, 0.29) is 23.7 Å². The maximum absolute atomic E-state index is 13.6. The van der Waals surface area contributed by atoms with Crippen LogP contribution in [0, 0.1) is 24.6 Å². The molecule has 0 radical (unpaired) electrons. The minimum absolute atomic E-state index is 0.121. The molecule has 2 atom stereocenters. The summed E-state index contributed by atoms with van der Waals surface area (Å²) in [5.41, 5.74) is 6.97. The maximum atomic E-state index is 13.6. The van der Waals surface area contributed by atoms with Gasteiger partial charge in [0.05, 0.1) is 12.0 Å². The van der Waals surface area contributed by atoms with Crippen molar-refractivity contribution in [2.75, 3.05) is 19.6 Å². The van der Waals surface area contributed by atoms with Gasteiger partial charge in [-0.2, -0.15) is 4.98 Å². The second-order valence-corrected chi connectivity index (χ2v) is 7.37. The van der Waals surface area contributed by atoms with Gasteiger partial charge in [-0.25, -0.2) is 9.82 Å². The predicted octanol–water partition coefficient (Wildman–Crippen LogP) is 1.76. The summed E-state index contributed by atoms with van der Waals surface area (Å²) in [6, 6.07) is 6.22. The van der Waals surface area contributed by atoms with Gasteiger partial charge in [-0.3, -0.25) is 10.2 Å². The number of nitrogens with zero attached hydrogens (tertiary/aromatic N) is 3. The third-order valence-electron chi connectivity index (χ3n) is 5.47. The van der Waals surface area contributed by atoms with E-state index < -0.39 is 0 Å². The Morgan fingerprint density at radius 1 is 1.37 bits per heavy atom. The third-order valence-corrected chi connectivity index (χ3v) is 5.47. The van der Waals surface area contributed by atoms with Gasteiger partial charge in [-0.15, -0.1) is 0 Å². The van der Waals surface area contributed by atoms with Crippen molar-refractivity contribution in [2.24, 2.45) is 11.8 Å². The van der Waals surface area contributed by atoms with Gasteiger partial charge in [-0.1, -0.05) is 17.3 Å². The van der Waals surface area contributed by atoms with Crippen molar-refractivity contribution < 1.29 is 13.7 Å². The van der Waals surface area contributed by atoms with Crippen LogP contribution in [0.2, 0.25) is 0 Å². The van der Waals surface area contributed by atoms with Crippen LogP contribution >= 0.6 is 0 Å². The van der Waals surface area contributed by atoms with Gasteiger partial charge < -0.3 is 9.42 Å². The van der Waals surface area contributed by atoms with E-state index in [9.17, 15) is 9.18 Å². The number of piperidine rings is 1. The molecule has 0 saturated carbocycles. The monoisotopic (exact) mass is 373 g/mol. The second-order valence-electron chi connectivity index (χ2n) is 7.37. The molecule has 2 aromatic rings. The summed E-state index contributed by atoms with van der Waals surface area (Å²) in [5, 5.41) is 3.96. The van der Waals surface area contributed by atoms with Gasteiger partial charge in [0, 0.05) is 33.0 Å². The van der Waals surface area contributed by atoms with Gasteiger partial charge >= 0.3 is 0 Å². The third kappa shape index (κ3) is 4.01. The first kappa shape index (κ1) is 18.1. The van der Waals surface area contributed by atoms with Gasteiger partial charge in [0.15, 0.2) is 5.82 Å². The minimum Gasteiger partial charge on any atom is -0.342 e. The van der Waals surface area contributed by atoms with E-state index in [2.05, 4.69) is 21.0 Å². The van der Waals surface area contributed by atoms with E-state index in [0.29, 0.717) is 18.4 Å². The zero-order valence-electron chi connectivity index (χ0n) is 15.3. The molecule has 1 aromatic carbocycles.